The van der Waals surface area contributed by atoms with Gasteiger partial charge in [-0.1, -0.05) is 6.07 Å². The number of rotatable bonds is 5. The lowest BCUT2D eigenvalue weighted by Gasteiger charge is -2.61. The molecule has 0 aliphatic carbocycles. The lowest BCUT2D eigenvalue weighted by Crippen LogP contribution is -2.74. The number of benzene rings is 1. The molecule has 0 saturated carbocycles. The summed E-state index contributed by atoms with van der Waals surface area (Å²) < 4.78 is 24.2. The Morgan fingerprint density at radius 1 is 1.33 bits per heavy atom. The highest BCUT2D eigenvalue weighted by molar-refractivity contribution is 5.76. The maximum atomic E-state index is 13.6. The Balaban J connectivity index is 1.70. The molecule has 2 heterocycles. The Morgan fingerprint density at radius 3 is 2.71 bits per heavy atom. The second-order valence-electron chi connectivity index (χ2n) is 6.54. The van der Waals surface area contributed by atoms with Crippen LogP contribution in [-0.4, -0.2) is 62.9 Å². The normalized spacial score (nSPS) is 22.5. The first-order valence-corrected chi connectivity index (χ1v) is 8.43. The third kappa shape index (κ3) is 3.00. The smallest absolute Gasteiger partial charge is 0.224 e. The molecule has 2 fully saturated rings. The van der Waals surface area contributed by atoms with Gasteiger partial charge in [0.15, 0.2) is 0 Å². The van der Waals surface area contributed by atoms with E-state index in [1.165, 1.54) is 6.07 Å². The van der Waals surface area contributed by atoms with Crippen LogP contribution in [0.4, 0.5) is 10.1 Å². The molecule has 1 unspecified atom stereocenters. The SMILES string of the molecule is COCCC(=O)N1CCC2(CC1)C(OC)CN2c1cccc(F)c1. The van der Waals surface area contributed by atoms with E-state index < -0.39 is 0 Å². The highest BCUT2D eigenvalue weighted by Crippen LogP contribution is 2.44. The minimum absolute atomic E-state index is 0.122. The van der Waals surface area contributed by atoms with Gasteiger partial charge in [0.25, 0.3) is 0 Å². The van der Waals surface area contributed by atoms with Crippen molar-refractivity contribution < 1.29 is 18.7 Å². The third-order valence-electron chi connectivity index (χ3n) is 5.39. The zero-order valence-electron chi connectivity index (χ0n) is 14.3. The van der Waals surface area contributed by atoms with E-state index in [2.05, 4.69) is 4.90 Å². The number of ether oxygens (including phenoxy) is 2. The van der Waals surface area contributed by atoms with E-state index >= 15 is 0 Å². The van der Waals surface area contributed by atoms with Crippen molar-refractivity contribution in [2.75, 3.05) is 45.4 Å². The minimum Gasteiger partial charge on any atom is -0.384 e. The lowest BCUT2D eigenvalue weighted by molar-refractivity contribution is -0.136. The molecule has 1 aromatic rings. The fourth-order valence-corrected chi connectivity index (χ4v) is 3.96. The molecule has 0 bridgehead atoms. The van der Waals surface area contributed by atoms with Gasteiger partial charge in [-0.15, -0.1) is 0 Å². The first kappa shape index (κ1) is 17.2. The molecule has 3 rings (SSSR count). The predicted octanol–water partition coefficient (Wildman–Crippen LogP) is 2.06. The Morgan fingerprint density at radius 2 is 2.08 bits per heavy atom. The van der Waals surface area contributed by atoms with Gasteiger partial charge in [-0.25, -0.2) is 4.39 Å². The topological polar surface area (TPSA) is 42.0 Å². The number of carbonyl (C=O) groups is 1. The van der Waals surface area contributed by atoms with E-state index in [0.717, 1.165) is 25.1 Å². The monoisotopic (exact) mass is 336 g/mol. The van der Waals surface area contributed by atoms with Gasteiger partial charge in [0.1, 0.15) is 5.82 Å². The number of piperidine rings is 1. The van der Waals surface area contributed by atoms with E-state index in [9.17, 15) is 9.18 Å². The van der Waals surface area contributed by atoms with Crippen LogP contribution in [0.25, 0.3) is 0 Å². The minimum atomic E-state index is -0.226. The van der Waals surface area contributed by atoms with Crippen molar-refractivity contribution >= 4 is 11.6 Å². The van der Waals surface area contributed by atoms with Gasteiger partial charge in [-0.2, -0.15) is 0 Å². The van der Waals surface area contributed by atoms with Crippen LogP contribution in [0.2, 0.25) is 0 Å². The summed E-state index contributed by atoms with van der Waals surface area (Å²) in [4.78, 5) is 16.3. The van der Waals surface area contributed by atoms with Gasteiger partial charge >= 0.3 is 0 Å². The summed E-state index contributed by atoms with van der Waals surface area (Å²) in [6.07, 6.45) is 2.21. The number of amides is 1. The van der Waals surface area contributed by atoms with Crippen molar-refractivity contribution in [1.29, 1.82) is 0 Å². The average Bonchev–Trinajstić information content (AvgIpc) is 2.59. The van der Waals surface area contributed by atoms with Crippen LogP contribution in [0, 0.1) is 5.82 Å². The number of likely N-dealkylation sites (tertiary alicyclic amines) is 1. The average molecular weight is 336 g/mol. The Kier molecular flexibility index (Phi) is 5.06. The van der Waals surface area contributed by atoms with E-state index in [1.807, 2.05) is 11.0 Å². The van der Waals surface area contributed by atoms with Crippen LogP contribution < -0.4 is 4.90 Å². The largest absolute Gasteiger partial charge is 0.384 e. The van der Waals surface area contributed by atoms with Crippen molar-refractivity contribution in [3.05, 3.63) is 30.1 Å². The van der Waals surface area contributed by atoms with Gasteiger partial charge in [0.05, 0.1) is 24.7 Å². The lowest BCUT2D eigenvalue weighted by atomic mass is 9.73. The second kappa shape index (κ2) is 7.07. The summed E-state index contributed by atoms with van der Waals surface area (Å²) in [6, 6.07) is 6.71. The second-order valence-corrected chi connectivity index (χ2v) is 6.54. The van der Waals surface area contributed by atoms with Crippen LogP contribution in [-0.2, 0) is 14.3 Å². The van der Waals surface area contributed by atoms with Crippen molar-refractivity contribution in [1.82, 2.24) is 4.90 Å². The summed E-state index contributed by atoms with van der Waals surface area (Å²) in [6.45, 7) is 2.62. The number of halogens is 1. The van der Waals surface area contributed by atoms with E-state index in [-0.39, 0.29) is 23.4 Å². The number of carbonyl (C=O) groups excluding carboxylic acids is 1. The number of anilines is 1. The summed E-state index contributed by atoms with van der Waals surface area (Å²) in [5.41, 5.74) is 0.753. The summed E-state index contributed by atoms with van der Waals surface area (Å²) >= 11 is 0. The fourth-order valence-electron chi connectivity index (χ4n) is 3.96. The quantitative estimate of drug-likeness (QED) is 0.825. The third-order valence-corrected chi connectivity index (χ3v) is 5.39. The molecule has 5 nitrogen and oxygen atoms in total. The Bertz CT molecular complexity index is 587. The molecular weight excluding hydrogens is 311 g/mol. The molecule has 0 aromatic heterocycles. The maximum absolute atomic E-state index is 13.6. The molecule has 132 valence electrons. The fraction of sp³-hybridized carbons (Fsp3) is 0.611. The van der Waals surface area contributed by atoms with Crippen LogP contribution in [0.1, 0.15) is 19.3 Å². The molecule has 24 heavy (non-hydrogen) atoms. The summed E-state index contributed by atoms with van der Waals surface area (Å²) in [5.74, 6) is -0.0898. The molecule has 1 spiro atoms. The molecule has 0 N–H and O–H groups in total. The van der Waals surface area contributed by atoms with E-state index in [4.69, 9.17) is 9.47 Å². The maximum Gasteiger partial charge on any atom is 0.224 e. The summed E-state index contributed by atoms with van der Waals surface area (Å²) in [7, 11) is 3.33. The molecule has 1 atom stereocenters. The zero-order valence-corrected chi connectivity index (χ0v) is 14.3. The molecule has 1 amide bonds. The first-order chi connectivity index (χ1) is 11.6. The highest BCUT2D eigenvalue weighted by atomic mass is 19.1. The van der Waals surface area contributed by atoms with Crippen LogP contribution in [0.5, 0.6) is 0 Å². The van der Waals surface area contributed by atoms with Crippen LogP contribution >= 0.6 is 0 Å². The van der Waals surface area contributed by atoms with E-state index in [1.54, 1.807) is 26.4 Å². The summed E-state index contributed by atoms with van der Waals surface area (Å²) in [5, 5.41) is 0. The molecular formula is C18H25FN2O3. The number of hydrogen-bond acceptors (Lipinski definition) is 4. The number of methoxy groups -OCH3 is 2. The molecule has 1 aromatic carbocycles. The van der Waals surface area contributed by atoms with Crippen molar-refractivity contribution in [3.63, 3.8) is 0 Å². The first-order valence-electron chi connectivity index (χ1n) is 8.43. The number of nitrogens with zero attached hydrogens (tertiary/aromatic N) is 2. The molecule has 2 saturated heterocycles. The highest BCUT2D eigenvalue weighted by Gasteiger charge is 2.55. The van der Waals surface area contributed by atoms with Crippen LogP contribution in [0.15, 0.2) is 24.3 Å². The molecule has 2 aliphatic heterocycles. The van der Waals surface area contributed by atoms with Crippen molar-refractivity contribution in [2.45, 2.75) is 30.9 Å². The molecule has 6 heteroatoms. The van der Waals surface area contributed by atoms with Gasteiger partial charge < -0.3 is 19.3 Å². The Hall–Kier alpha value is -1.66. The van der Waals surface area contributed by atoms with Gasteiger partial charge in [-0.3, -0.25) is 4.79 Å². The number of hydrogen-bond donors (Lipinski definition) is 0. The molecule has 2 aliphatic rings. The van der Waals surface area contributed by atoms with E-state index in [0.29, 0.717) is 26.1 Å². The Labute approximate surface area is 142 Å². The van der Waals surface area contributed by atoms with Gasteiger partial charge in [0.2, 0.25) is 5.91 Å². The van der Waals surface area contributed by atoms with Gasteiger partial charge in [-0.05, 0) is 31.0 Å². The van der Waals surface area contributed by atoms with Crippen molar-refractivity contribution in [3.8, 4) is 0 Å². The molecule has 0 radical (unpaired) electrons. The zero-order chi connectivity index (χ0) is 17.2. The van der Waals surface area contributed by atoms with Crippen molar-refractivity contribution in [2.24, 2.45) is 0 Å². The predicted molar refractivity (Wildman–Crippen MR) is 89.6 cm³/mol. The van der Waals surface area contributed by atoms with Gasteiger partial charge in [0, 0.05) is 39.5 Å². The van der Waals surface area contributed by atoms with Crippen LogP contribution in [0.3, 0.4) is 0 Å². The standard InChI is InChI=1S/C18H25FN2O3/c1-23-11-6-17(22)20-9-7-18(8-10-20)16(24-2)13-21(18)15-5-3-4-14(19)12-15/h3-5,12,16H,6-11,13H2,1-2H3.